The van der Waals surface area contributed by atoms with Crippen LogP contribution in [0.15, 0.2) is 49.1 Å². The minimum Gasteiger partial charge on any atom is -0.339 e. The van der Waals surface area contributed by atoms with E-state index >= 15 is 0 Å². The van der Waals surface area contributed by atoms with Crippen LogP contribution >= 0.6 is 0 Å². The molecule has 132 valence electrons. The molecule has 4 rings (SSSR count). The Morgan fingerprint density at radius 3 is 2.76 bits per heavy atom. The molecule has 0 bridgehead atoms. The van der Waals surface area contributed by atoms with Crippen LogP contribution in [-0.2, 0) is 11.3 Å². The quantitative estimate of drug-likeness (QED) is 0.861. The van der Waals surface area contributed by atoms with Gasteiger partial charge < -0.3 is 9.47 Å². The molecule has 0 saturated carbocycles. The van der Waals surface area contributed by atoms with Crippen molar-refractivity contribution in [1.29, 1.82) is 0 Å². The number of imidazole rings is 1. The van der Waals surface area contributed by atoms with Crippen LogP contribution in [0.4, 0.5) is 0 Å². The molecule has 0 radical (unpaired) electrons. The lowest BCUT2D eigenvalue weighted by Gasteiger charge is -2.36. The highest BCUT2D eigenvalue weighted by atomic mass is 16.2. The van der Waals surface area contributed by atoms with Crippen molar-refractivity contribution in [2.75, 3.05) is 19.6 Å². The van der Waals surface area contributed by atoms with Crippen LogP contribution in [0.1, 0.15) is 37.3 Å². The second-order valence-electron chi connectivity index (χ2n) is 7.20. The van der Waals surface area contributed by atoms with E-state index in [2.05, 4.69) is 43.6 Å². The third-order valence-electron chi connectivity index (χ3n) is 5.53. The normalized spacial score (nSPS) is 24.6. The Labute approximate surface area is 149 Å². The van der Waals surface area contributed by atoms with Crippen LogP contribution in [0.3, 0.4) is 0 Å². The maximum Gasteiger partial charge on any atom is 0.240 e. The van der Waals surface area contributed by atoms with Crippen molar-refractivity contribution in [3.05, 3.63) is 54.6 Å². The molecule has 2 saturated heterocycles. The van der Waals surface area contributed by atoms with Gasteiger partial charge >= 0.3 is 0 Å². The molecule has 5 nitrogen and oxygen atoms in total. The number of amides is 1. The first-order chi connectivity index (χ1) is 12.3. The molecule has 2 aliphatic rings. The largest absolute Gasteiger partial charge is 0.339 e. The maximum absolute atomic E-state index is 13.2. The Balaban J connectivity index is 1.42. The zero-order valence-corrected chi connectivity index (χ0v) is 14.6. The highest BCUT2D eigenvalue weighted by Crippen LogP contribution is 2.26. The number of rotatable bonds is 4. The topological polar surface area (TPSA) is 41.4 Å². The third-order valence-corrected chi connectivity index (χ3v) is 5.53. The molecular weight excluding hydrogens is 312 g/mol. The van der Waals surface area contributed by atoms with Crippen LogP contribution in [0.5, 0.6) is 0 Å². The summed E-state index contributed by atoms with van der Waals surface area (Å²) in [4.78, 5) is 21.8. The molecule has 2 unspecified atom stereocenters. The molecule has 0 aliphatic carbocycles. The second kappa shape index (κ2) is 7.40. The second-order valence-corrected chi connectivity index (χ2v) is 7.20. The minimum atomic E-state index is 0.0433. The van der Waals surface area contributed by atoms with Crippen LogP contribution < -0.4 is 0 Å². The van der Waals surface area contributed by atoms with Crippen LogP contribution in [0.2, 0.25) is 0 Å². The molecule has 2 atom stereocenters. The molecular formula is C20H26N4O. The summed E-state index contributed by atoms with van der Waals surface area (Å²) in [6.07, 6.45) is 9.99. The average Bonchev–Trinajstić information content (AvgIpc) is 3.34. The zero-order valence-electron chi connectivity index (χ0n) is 14.6. The Morgan fingerprint density at radius 2 is 1.96 bits per heavy atom. The van der Waals surface area contributed by atoms with Gasteiger partial charge in [0.1, 0.15) is 0 Å². The summed E-state index contributed by atoms with van der Waals surface area (Å²) in [5.74, 6) is 0.318. The number of hydrogen-bond acceptors (Lipinski definition) is 3. The average molecular weight is 338 g/mol. The number of benzene rings is 1. The highest BCUT2D eigenvalue weighted by molar-refractivity contribution is 5.82. The summed E-state index contributed by atoms with van der Waals surface area (Å²) in [6, 6.07) is 10.9. The van der Waals surface area contributed by atoms with Crippen LogP contribution in [0, 0.1) is 0 Å². The van der Waals surface area contributed by atoms with E-state index in [0.717, 1.165) is 51.9 Å². The van der Waals surface area contributed by atoms with Crippen molar-refractivity contribution in [2.24, 2.45) is 0 Å². The van der Waals surface area contributed by atoms with Crippen molar-refractivity contribution in [1.82, 2.24) is 19.4 Å². The Kier molecular flexibility index (Phi) is 4.83. The van der Waals surface area contributed by atoms with E-state index in [1.807, 2.05) is 24.8 Å². The van der Waals surface area contributed by atoms with Crippen molar-refractivity contribution in [2.45, 2.75) is 44.3 Å². The number of nitrogens with zero attached hydrogens (tertiary/aromatic N) is 4. The Hall–Kier alpha value is -2.14. The molecule has 5 heteroatoms. The van der Waals surface area contributed by atoms with Gasteiger partial charge in [-0.15, -0.1) is 0 Å². The van der Waals surface area contributed by atoms with E-state index < -0.39 is 0 Å². The fourth-order valence-electron chi connectivity index (χ4n) is 4.21. The minimum absolute atomic E-state index is 0.0433. The van der Waals surface area contributed by atoms with Gasteiger partial charge in [-0.25, -0.2) is 4.98 Å². The van der Waals surface area contributed by atoms with Gasteiger partial charge in [0.15, 0.2) is 0 Å². The smallest absolute Gasteiger partial charge is 0.240 e. The summed E-state index contributed by atoms with van der Waals surface area (Å²) < 4.78 is 2.15. The number of carbonyl (C=O) groups excluding carboxylic acids is 1. The lowest BCUT2D eigenvalue weighted by Crippen LogP contribution is -2.49. The van der Waals surface area contributed by atoms with Crippen LogP contribution in [-0.4, -0.2) is 50.9 Å². The summed E-state index contributed by atoms with van der Waals surface area (Å²) in [6.45, 7) is 3.59. The molecule has 2 fully saturated rings. The maximum atomic E-state index is 13.2. The van der Waals surface area contributed by atoms with Crippen molar-refractivity contribution >= 4 is 5.91 Å². The number of aromatic nitrogens is 2. The molecule has 25 heavy (non-hydrogen) atoms. The SMILES string of the molecule is O=C(C1CCCN1Cc1ccccc1)N1CCCC(n2ccnc2)C1. The fraction of sp³-hybridized carbons (Fsp3) is 0.500. The highest BCUT2D eigenvalue weighted by Gasteiger charge is 2.35. The van der Waals surface area contributed by atoms with Crippen LogP contribution in [0.25, 0.3) is 0 Å². The lowest BCUT2D eigenvalue weighted by atomic mass is 10.0. The molecule has 0 spiro atoms. The first kappa shape index (κ1) is 16.3. The van der Waals surface area contributed by atoms with E-state index in [1.54, 1.807) is 0 Å². The zero-order chi connectivity index (χ0) is 17.1. The van der Waals surface area contributed by atoms with E-state index in [9.17, 15) is 4.79 Å². The molecule has 0 N–H and O–H groups in total. The predicted molar refractivity (Wildman–Crippen MR) is 97.0 cm³/mol. The molecule has 3 heterocycles. The van der Waals surface area contributed by atoms with E-state index in [0.29, 0.717) is 11.9 Å². The summed E-state index contributed by atoms with van der Waals surface area (Å²) >= 11 is 0. The number of likely N-dealkylation sites (tertiary alicyclic amines) is 2. The van der Waals surface area contributed by atoms with Gasteiger partial charge in [-0.3, -0.25) is 9.69 Å². The lowest BCUT2D eigenvalue weighted by molar-refractivity contribution is -0.137. The molecule has 1 amide bonds. The third kappa shape index (κ3) is 3.61. The van der Waals surface area contributed by atoms with Gasteiger partial charge in [0, 0.05) is 32.0 Å². The van der Waals surface area contributed by atoms with Gasteiger partial charge in [0.2, 0.25) is 5.91 Å². The van der Waals surface area contributed by atoms with Gasteiger partial charge in [-0.2, -0.15) is 0 Å². The Bertz CT molecular complexity index is 685. The van der Waals surface area contributed by atoms with Gasteiger partial charge in [-0.05, 0) is 37.8 Å². The standard InChI is InChI=1S/C20H26N4O/c25-20(23-12-4-8-18(15-23)24-13-10-21-16-24)19-9-5-11-22(19)14-17-6-2-1-3-7-17/h1-3,6-7,10,13,16,18-19H,4-5,8-9,11-12,14-15H2. The van der Waals surface area contributed by atoms with Crippen molar-refractivity contribution < 1.29 is 4.79 Å². The molecule has 2 aliphatic heterocycles. The number of piperidine rings is 1. The summed E-state index contributed by atoms with van der Waals surface area (Å²) in [5, 5.41) is 0. The van der Waals surface area contributed by atoms with E-state index in [4.69, 9.17) is 0 Å². The van der Waals surface area contributed by atoms with Crippen molar-refractivity contribution in [3.63, 3.8) is 0 Å². The van der Waals surface area contributed by atoms with Gasteiger partial charge in [0.25, 0.3) is 0 Å². The van der Waals surface area contributed by atoms with Gasteiger partial charge in [-0.1, -0.05) is 30.3 Å². The van der Waals surface area contributed by atoms with Gasteiger partial charge in [0.05, 0.1) is 18.4 Å². The fourth-order valence-corrected chi connectivity index (χ4v) is 4.21. The first-order valence-corrected chi connectivity index (χ1v) is 9.35. The van der Waals surface area contributed by atoms with E-state index in [-0.39, 0.29) is 6.04 Å². The predicted octanol–water partition coefficient (Wildman–Crippen LogP) is 2.71. The Morgan fingerprint density at radius 1 is 1.12 bits per heavy atom. The molecule has 1 aromatic heterocycles. The monoisotopic (exact) mass is 338 g/mol. The molecule has 1 aromatic carbocycles. The summed E-state index contributed by atoms with van der Waals surface area (Å²) in [7, 11) is 0. The van der Waals surface area contributed by atoms with Crippen molar-refractivity contribution in [3.8, 4) is 0 Å². The summed E-state index contributed by atoms with van der Waals surface area (Å²) in [5.41, 5.74) is 1.29. The number of hydrogen-bond donors (Lipinski definition) is 0. The van der Waals surface area contributed by atoms with E-state index in [1.165, 1.54) is 5.56 Å². The first-order valence-electron chi connectivity index (χ1n) is 9.35. The number of carbonyl (C=O) groups is 1. The molecule has 2 aromatic rings.